The molecule has 0 radical (unpaired) electrons. The fourth-order valence-corrected chi connectivity index (χ4v) is 3.98. The maximum atomic E-state index is 12.0. The van der Waals surface area contributed by atoms with E-state index in [2.05, 4.69) is 38.9 Å². The summed E-state index contributed by atoms with van der Waals surface area (Å²) in [6.45, 7) is 8.93. The van der Waals surface area contributed by atoms with Gasteiger partial charge in [0.15, 0.2) is 11.9 Å². The second-order valence-corrected chi connectivity index (χ2v) is 8.62. The van der Waals surface area contributed by atoms with Gasteiger partial charge in [0, 0.05) is 53.1 Å². The Morgan fingerprint density at radius 1 is 1.03 bits per heavy atom. The summed E-state index contributed by atoms with van der Waals surface area (Å²) >= 11 is 4.81. The zero-order valence-electron chi connectivity index (χ0n) is 22.2. The number of benzene rings is 1. The minimum atomic E-state index is -0.461. The number of nitrogens with zero attached hydrogens (tertiary/aromatic N) is 3. The fraction of sp³-hybridized carbons (Fsp3) is 0.519. The van der Waals surface area contributed by atoms with Gasteiger partial charge in [-0.3, -0.25) is 14.5 Å². The molecule has 0 spiro atoms. The number of aromatic nitrogens is 1. The van der Waals surface area contributed by atoms with Gasteiger partial charge in [-0.1, -0.05) is 38.1 Å². The molecule has 2 aromatic rings. The summed E-state index contributed by atoms with van der Waals surface area (Å²) < 4.78 is 21.0. The number of methoxy groups -OCH3 is 2. The molecule has 0 aliphatic carbocycles. The Morgan fingerprint density at radius 3 is 2.41 bits per heavy atom. The van der Waals surface area contributed by atoms with Crippen LogP contribution < -0.4 is 9.47 Å². The van der Waals surface area contributed by atoms with Crippen molar-refractivity contribution < 1.29 is 28.5 Å². The Bertz CT molecular complexity index is 959. The quantitative estimate of drug-likeness (QED) is 0.496. The molecule has 2 aliphatic heterocycles. The van der Waals surface area contributed by atoms with Crippen molar-refractivity contribution in [2.45, 2.75) is 32.9 Å². The summed E-state index contributed by atoms with van der Waals surface area (Å²) in [4.78, 5) is 30.3. The van der Waals surface area contributed by atoms with Gasteiger partial charge in [0.2, 0.25) is 11.1 Å². The van der Waals surface area contributed by atoms with Crippen molar-refractivity contribution in [2.24, 2.45) is 0 Å². The van der Waals surface area contributed by atoms with Gasteiger partial charge in [-0.2, -0.15) is 0 Å². The summed E-state index contributed by atoms with van der Waals surface area (Å²) in [6.07, 6.45) is 2.54. The van der Waals surface area contributed by atoms with Crippen LogP contribution in [0.15, 0.2) is 42.6 Å². The number of halogens is 1. The maximum Gasteiger partial charge on any atom is 0.257 e. The number of hydrogen-bond donors (Lipinski definition) is 0. The molecule has 0 N–H and O–H groups in total. The van der Waals surface area contributed by atoms with Crippen LogP contribution >= 0.6 is 11.6 Å². The number of carbonyl (C=O) groups is 2. The van der Waals surface area contributed by atoms with Gasteiger partial charge in [0.05, 0.1) is 0 Å². The first-order valence-electron chi connectivity index (χ1n) is 12.5. The summed E-state index contributed by atoms with van der Waals surface area (Å²) in [5.74, 6) is 1.31. The largest absolute Gasteiger partial charge is 0.484 e. The fourth-order valence-electron chi connectivity index (χ4n) is 3.88. The van der Waals surface area contributed by atoms with E-state index in [1.165, 1.54) is 12.7 Å². The van der Waals surface area contributed by atoms with Crippen LogP contribution in [-0.4, -0.2) is 86.2 Å². The number of pyridine rings is 1. The Balaban J connectivity index is 0.000000531. The van der Waals surface area contributed by atoms with Crippen molar-refractivity contribution >= 4 is 22.8 Å². The van der Waals surface area contributed by atoms with E-state index in [4.69, 9.17) is 25.8 Å². The van der Waals surface area contributed by atoms with E-state index in [9.17, 15) is 9.59 Å². The van der Waals surface area contributed by atoms with Crippen LogP contribution in [0.5, 0.6) is 11.6 Å². The highest BCUT2D eigenvalue weighted by atomic mass is 35.5. The van der Waals surface area contributed by atoms with E-state index in [1.807, 2.05) is 30.9 Å². The molecule has 1 atom stereocenters. The third-order valence-corrected chi connectivity index (χ3v) is 5.71. The van der Waals surface area contributed by atoms with Gasteiger partial charge in [-0.25, -0.2) is 4.98 Å². The summed E-state index contributed by atoms with van der Waals surface area (Å²) in [6, 6.07) is 12.2. The first kappa shape index (κ1) is 30.5. The van der Waals surface area contributed by atoms with Gasteiger partial charge < -0.3 is 23.8 Å². The van der Waals surface area contributed by atoms with Gasteiger partial charge in [-0.05, 0) is 41.3 Å². The van der Waals surface area contributed by atoms with Crippen LogP contribution in [0.4, 0.5) is 0 Å². The highest BCUT2D eigenvalue weighted by Crippen LogP contribution is 2.33. The SMILES string of the molecule is CC.COCC(=O)Cl.COCC(=O)N1CCCN(Cc2ccc(C3COc4cccnc4O3)cc2)CC1. The number of carbonyl (C=O) groups excluding carboxylic acids is 2. The normalized spacial score (nSPS) is 16.9. The van der Waals surface area contributed by atoms with Crippen molar-refractivity contribution in [2.75, 3.05) is 60.2 Å². The smallest absolute Gasteiger partial charge is 0.257 e. The van der Waals surface area contributed by atoms with Crippen LogP contribution in [0.2, 0.25) is 0 Å². The monoisotopic (exact) mass is 535 g/mol. The van der Waals surface area contributed by atoms with Gasteiger partial charge in [-0.15, -0.1) is 0 Å². The van der Waals surface area contributed by atoms with Crippen molar-refractivity contribution in [1.82, 2.24) is 14.8 Å². The van der Waals surface area contributed by atoms with E-state index in [1.54, 1.807) is 13.3 Å². The number of rotatable bonds is 7. The van der Waals surface area contributed by atoms with Gasteiger partial charge in [0.25, 0.3) is 5.88 Å². The molecule has 1 aromatic heterocycles. The molecule has 9 nitrogen and oxygen atoms in total. The molecule has 1 unspecified atom stereocenters. The molecule has 37 heavy (non-hydrogen) atoms. The highest BCUT2D eigenvalue weighted by Gasteiger charge is 2.23. The van der Waals surface area contributed by atoms with E-state index in [0.717, 1.165) is 44.7 Å². The Morgan fingerprint density at radius 2 is 1.76 bits per heavy atom. The third-order valence-electron chi connectivity index (χ3n) is 5.60. The van der Waals surface area contributed by atoms with Crippen molar-refractivity contribution in [1.29, 1.82) is 0 Å². The predicted octanol–water partition coefficient (Wildman–Crippen LogP) is 3.70. The lowest BCUT2D eigenvalue weighted by atomic mass is 10.1. The average Bonchev–Trinajstić information content (AvgIpc) is 3.16. The summed E-state index contributed by atoms with van der Waals surface area (Å²) in [7, 11) is 2.98. The van der Waals surface area contributed by atoms with Crippen LogP contribution in [0.25, 0.3) is 0 Å². The molecule has 204 valence electrons. The number of amides is 1. The minimum Gasteiger partial charge on any atom is -0.484 e. The molecule has 1 saturated heterocycles. The Labute approximate surface area is 224 Å². The number of ether oxygens (including phenoxy) is 4. The third kappa shape index (κ3) is 10.3. The average molecular weight is 536 g/mol. The Hall–Kier alpha value is -2.72. The second-order valence-electron chi connectivity index (χ2n) is 8.20. The molecule has 3 heterocycles. The Kier molecular flexibility index (Phi) is 13.9. The predicted molar refractivity (Wildman–Crippen MR) is 142 cm³/mol. The molecule has 1 amide bonds. The van der Waals surface area contributed by atoms with Crippen LogP contribution in [0.3, 0.4) is 0 Å². The highest BCUT2D eigenvalue weighted by molar-refractivity contribution is 6.63. The zero-order valence-corrected chi connectivity index (χ0v) is 22.9. The standard InChI is InChI=1S/C22H27N3O4.C3H5ClO2.C2H6/c1-27-16-21(26)25-11-3-10-24(12-13-25)14-17-5-7-18(8-6-17)20-15-28-19-4-2-9-23-22(19)29-20;1-6-2-3(4)5;1-2/h2,4-9,20H,3,10-16H2,1H3;2H2,1H3;1-2H3. The molecule has 0 bridgehead atoms. The molecule has 4 rings (SSSR count). The summed E-state index contributed by atoms with van der Waals surface area (Å²) in [5, 5.41) is -0.461. The molecule has 0 saturated carbocycles. The van der Waals surface area contributed by atoms with Gasteiger partial charge in [0.1, 0.15) is 19.8 Å². The molecular formula is C27H38ClN3O6. The van der Waals surface area contributed by atoms with E-state index in [0.29, 0.717) is 18.2 Å². The van der Waals surface area contributed by atoms with Crippen LogP contribution in [-0.2, 0) is 25.6 Å². The number of fused-ring (bicyclic) bond motifs is 1. The van der Waals surface area contributed by atoms with E-state index in [-0.39, 0.29) is 25.2 Å². The molecular weight excluding hydrogens is 498 g/mol. The lowest BCUT2D eigenvalue weighted by Gasteiger charge is -2.26. The molecule has 2 aliphatic rings. The summed E-state index contributed by atoms with van der Waals surface area (Å²) in [5.41, 5.74) is 2.33. The van der Waals surface area contributed by atoms with Crippen molar-refractivity contribution in [3.63, 3.8) is 0 Å². The first-order valence-corrected chi connectivity index (χ1v) is 12.9. The minimum absolute atomic E-state index is 0.00154. The number of hydrogen-bond acceptors (Lipinski definition) is 8. The molecule has 1 fully saturated rings. The van der Waals surface area contributed by atoms with E-state index >= 15 is 0 Å². The van der Waals surface area contributed by atoms with Crippen molar-refractivity contribution in [3.8, 4) is 11.6 Å². The van der Waals surface area contributed by atoms with Crippen molar-refractivity contribution in [3.05, 3.63) is 53.7 Å². The lowest BCUT2D eigenvalue weighted by Crippen LogP contribution is -2.37. The lowest BCUT2D eigenvalue weighted by molar-refractivity contribution is -0.135. The molecule has 1 aromatic carbocycles. The first-order chi connectivity index (χ1) is 18.0. The maximum absolute atomic E-state index is 12.0. The zero-order chi connectivity index (χ0) is 27.0. The van der Waals surface area contributed by atoms with Crippen LogP contribution in [0.1, 0.15) is 37.5 Å². The molecule has 10 heteroatoms. The van der Waals surface area contributed by atoms with Crippen LogP contribution in [0, 0.1) is 0 Å². The topological polar surface area (TPSA) is 90.4 Å². The van der Waals surface area contributed by atoms with Gasteiger partial charge >= 0.3 is 0 Å². The van der Waals surface area contributed by atoms with E-state index < -0.39 is 5.24 Å². The second kappa shape index (κ2) is 16.9.